The maximum absolute atomic E-state index is 13.7. The van der Waals surface area contributed by atoms with Gasteiger partial charge in [-0.1, -0.05) is 48.5 Å². The van der Waals surface area contributed by atoms with Gasteiger partial charge in [0.05, 0.1) is 18.9 Å². The van der Waals surface area contributed by atoms with E-state index in [-0.39, 0.29) is 19.7 Å². The van der Waals surface area contributed by atoms with Crippen molar-refractivity contribution in [1.82, 2.24) is 9.29 Å². The smallest absolute Gasteiger partial charge is 0.321 e. The zero-order valence-electron chi connectivity index (χ0n) is 23.8. The van der Waals surface area contributed by atoms with Crippen molar-refractivity contribution in [1.29, 1.82) is 0 Å². The minimum absolute atomic E-state index is 0.0294. The van der Waals surface area contributed by atoms with Crippen molar-refractivity contribution in [2.75, 3.05) is 25.1 Å². The van der Waals surface area contributed by atoms with E-state index in [0.717, 1.165) is 33.8 Å². The zero-order valence-corrected chi connectivity index (χ0v) is 24.6. The summed E-state index contributed by atoms with van der Waals surface area (Å²) in [6.07, 6.45) is 1.62. The van der Waals surface area contributed by atoms with Crippen LogP contribution in [0.3, 0.4) is 0 Å². The summed E-state index contributed by atoms with van der Waals surface area (Å²) in [5, 5.41) is 2.31. The summed E-state index contributed by atoms with van der Waals surface area (Å²) < 4.78 is 45.5. The Morgan fingerprint density at radius 2 is 1.79 bits per heavy atom. The summed E-state index contributed by atoms with van der Waals surface area (Å²) in [5.41, 5.74) is 4.36. The first-order valence-electron chi connectivity index (χ1n) is 14.1. The number of ether oxygens (including phenoxy) is 2. The Balaban J connectivity index is 1.22. The number of rotatable bonds is 12. The van der Waals surface area contributed by atoms with Gasteiger partial charge in [0.2, 0.25) is 15.9 Å². The van der Waals surface area contributed by atoms with Crippen LogP contribution in [0.15, 0.2) is 83.3 Å². The van der Waals surface area contributed by atoms with E-state index in [9.17, 15) is 13.2 Å². The van der Waals surface area contributed by atoms with Crippen LogP contribution in [0.25, 0.3) is 11.5 Å². The molecule has 1 N–H and O–H groups in total. The average Bonchev–Trinajstić information content (AvgIpc) is 3.38. The molecule has 0 radical (unpaired) electrons. The number of carbonyl (C=O) groups is 1. The Morgan fingerprint density at radius 3 is 2.55 bits per heavy atom. The monoisotopic (exact) mass is 589 g/mol. The second-order valence-electron chi connectivity index (χ2n) is 10.1. The van der Waals surface area contributed by atoms with Crippen LogP contribution in [0.5, 0.6) is 5.75 Å². The molecule has 10 heteroatoms. The van der Waals surface area contributed by atoms with Crippen LogP contribution in [-0.4, -0.2) is 48.8 Å². The summed E-state index contributed by atoms with van der Waals surface area (Å²) in [6.45, 7) is 3.83. The number of aromatic nitrogens is 1. The molecule has 9 nitrogen and oxygen atoms in total. The highest BCUT2D eigenvalue weighted by Crippen LogP contribution is 2.29. The second kappa shape index (κ2) is 13.2. The molecular formula is C32H35N3O6S. The number of benzene rings is 3. The second-order valence-corrected chi connectivity index (χ2v) is 12.2. The van der Waals surface area contributed by atoms with Crippen LogP contribution in [0.4, 0.5) is 5.69 Å². The summed E-state index contributed by atoms with van der Waals surface area (Å²) in [6, 6.07) is 24.6. The minimum Gasteiger partial charge on any atom is -0.493 e. The predicted molar refractivity (Wildman–Crippen MR) is 160 cm³/mol. The molecule has 3 aromatic carbocycles. The summed E-state index contributed by atoms with van der Waals surface area (Å²) >= 11 is 0. The third-order valence-electron chi connectivity index (χ3n) is 7.14. The fourth-order valence-corrected chi connectivity index (χ4v) is 6.59. The summed E-state index contributed by atoms with van der Waals surface area (Å²) in [7, 11) is -3.88. The van der Waals surface area contributed by atoms with Crippen LogP contribution in [-0.2, 0) is 38.9 Å². The molecule has 0 bridgehead atoms. The molecule has 1 atom stereocenters. The number of nitrogens with zero attached hydrogens (tertiary/aromatic N) is 2. The normalized spacial score (nSPS) is 14.7. The Kier molecular flexibility index (Phi) is 9.24. The number of hydrogen-bond acceptors (Lipinski definition) is 8. The van der Waals surface area contributed by atoms with Gasteiger partial charge in [-0.05, 0) is 68.1 Å². The molecule has 0 aliphatic carbocycles. The molecule has 0 fully saturated rings. The third kappa shape index (κ3) is 7.00. The van der Waals surface area contributed by atoms with E-state index in [2.05, 4.69) is 10.3 Å². The zero-order chi connectivity index (χ0) is 29.5. The molecular weight excluding hydrogens is 554 g/mol. The maximum atomic E-state index is 13.7. The maximum Gasteiger partial charge on any atom is 0.321 e. The number of carbonyl (C=O) groups excluding carboxylic acids is 1. The number of oxazole rings is 1. The molecule has 5 rings (SSSR count). The van der Waals surface area contributed by atoms with Gasteiger partial charge >= 0.3 is 5.97 Å². The molecule has 4 aromatic rings. The molecule has 42 heavy (non-hydrogen) atoms. The number of sulfonamides is 1. The first-order valence-corrected chi connectivity index (χ1v) is 15.6. The molecule has 0 saturated carbocycles. The highest BCUT2D eigenvalue weighted by atomic mass is 32.2. The molecule has 0 saturated heterocycles. The van der Waals surface area contributed by atoms with Crippen LogP contribution in [0, 0.1) is 6.92 Å². The van der Waals surface area contributed by atoms with Crippen molar-refractivity contribution < 1.29 is 27.1 Å². The molecule has 1 unspecified atom stereocenters. The largest absolute Gasteiger partial charge is 0.493 e. The standard InChI is InChI=1S/C32H35N3O6S/c1-3-39-31(36)22-35(42(37,38)30-18-15-25-9-7-8-12-29(25)33-30)21-24-13-16-27(17-14-24)40-20-19-28-23(2)41-32(34-28)26-10-5-4-6-11-26/h4-14,16-17,30,33H,3,15,18-22H2,1-2H3. The molecule has 1 aromatic heterocycles. The fraction of sp³-hybridized carbons (Fsp3) is 0.312. The van der Waals surface area contributed by atoms with Crippen molar-refractivity contribution in [2.45, 2.75) is 45.0 Å². The minimum atomic E-state index is -3.88. The van der Waals surface area contributed by atoms with E-state index in [1.807, 2.05) is 73.7 Å². The Morgan fingerprint density at radius 1 is 1.05 bits per heavy atom. The number of hydrogen-bond donors (Lipinski definition) is 1. The molecule has 1 aliphatic heterocycles. The number of anilines is 1. The number of fused-ring (bicyclic) bond motifs is 1. The number of nitrogens with one attached hydrogen (secondary N) is 1. The highest BCUT2D eigenvalue weighted by molar-refractivity contribution is 7.89. The van der Waals surface area contributed by atoms with Crippen LogP contribution in [0.2, 0.25) is 0 Å². The van der Waals surface area contributed by atoms with Gasteiger partial charge in [-0.3, -0.25) is 4.79 Å². The van der Waals surface area contributed by atoms with Crippen molar-refractivity contribution in [3.63, 3.8) is 0 Å². The number of esters is 1. The Hall–Kier alpha value is -4.15. The van der Waals surface area contributed by atoms with Crippen molar-refractivity contribution in [3.05, 3.63) is 101 Å². The highest BCUT2D eigenvalue weighted by Gasteiger charge is 2.35. The van der Waals surface area contributed by atoms with Gasteiger partial charge in [0, 0.05) is 24.2 Å². The van der Waals surface area contributed by atoms with Crippen LogP contribution >= 0.6 is 0 Å². The van der Waals surface area contributed by atoms with E-state index in [1.54, 1.807) is 19.1 Å². The van der Waals surface area contributed by atoms with Crippen molar-refractivity contribution in [3.8, 4) is 17.2 Å². The van der Waals surface area contributed by atoms with Gasteiger partial charge in [0.1, 0.15) is 23.4 Å². The lowest BCUT2D eigenvalue weighted by Gasteiger charge is -2.31. The van der Waals surface area contributed by atoms with E-state index in [1.165, 1.54) is 4.31 Å². The van der Waals surface area contributed by atoms with Gasteiger partial charge in [0.25, 0.3) is 0 Å². The Labute approximate surface area is 246 Å². The molecule has 0 spiro atoms. The molecule has 1 aliphatic rings. The van der Waals surface area contributed by atoms with Gasteiger partial charge in [-0.25, -0.2) is 13.4 Å². The molecule has 220 valence electrons. The predicted octanol–water partition coefficient (Wildman–Crippen LogP) is 5.35. The van der Waals surface area contributed by atoms with Gasteiger partial charge in [0.15, 0.2) is 0 Å². The molecule has 0 amide bonds. The van der Waals surface area contributed by atoms with Crippen molar-refractivity contribution >= 4 is 21.7 Å². The first-order chi connectivity index (χ1) is 20.3. The van der Waals surface area contributed by atoms with Gasteiger partial charge < -0.3 is 19.2 Å². The fourth-order valence-electron chi connectivity index (χ4n) is 4.93. The average molecular weight is 590 g/mol. The number of para-hydroxylation sites is 1. The third-order valence-corrected chi connectivity index (χ3v) is 9.19. The lowest BCUT2D eigenvalue weighted by Crippen LogP contribution is -2.46. The SMILES string of the molecule is CCOC(=O)CN(Cc1ccc(OCCc2nc(-c3ccccc3)oc2C)cc1)S(=O)(=O)C1CCc2ccccc2N1. The quantitative estimate of drug-likeness (QED) is 0.220. The Bertz CT molecular complexity index is 1600. The molecule has 2 heterocycles. The van der Waals surface area contributed by atoms with Crippen LogP contribution < -0.4 is 10.1 Å². The van der Waals surface area contributed by atoms with Gasteiger partial charge in [-0.15, -0.1) is 0 Å². The first kappa shape index (κ1) is 29.3. The number of aryl methyl sites for hydroxylation is 2. The summed E-state index contributed by atoms with van der Waals surface area (Å²) in [5.74, 6) is 1.40. The van der Waals surface area contributed by atoms with E-state index in [4.69, 9.17) is 13.9 Å². The lowest BCUT2D eigenvalue weighted by atomic mass is 10.0. The van der Waals surface area contributed by atoms with E-state index in [0.29, 0.717) is 37.5 Å². The summed E-state index contributed by atoms with van der Waals surface area (Å²) in [4.78, 5) is 17.0. The van der Waals surface area contributed by atoms with E-state index < -0.39 is 21.4 Å². The topological polar surface area (TPSA) is 111 Å². The lowest BCUT2D eigenvalue weighted by molar-refractivity contribution is -0.143. The van der Waals surface area contributed by atoms with Crippen molar-refractivity contribution in [2.24, 2.45) is 0 Å². The van der Waals surface area contributed by atoms with E-state index >= 15 is 0 Å². The van der Waals surface area contributed by atoms with Gasteiger partial charge in [-0.2, -0.15) is 4.31 Å². The van der Waals surface area contributed by atoms with Crippen LogP contribution in [0.1, 0.15) is 35.9 Å².